The molecule has 0 radical (unpaired) electrons. The molecule has 3 N–H and O–H groups in total. The van der Waals surface area contributed by atoms with Gasteiger partial charge < -0.3 is 14.9 Å². The highest BCUT2D eigenvalue weighted by Crippen LogP contribution is 2.29. The van der Waals surface area contributed by atoms with Gasteiger partial charge in [-0.3, -0.25) is 5.84 Å². The number of hydrogen-bond acceptors (Lipinski definition) is 6. The van der Waals surface area contributed by atoms with Crippen LogP contribution in [-0.2, 0) is 9.47 Å². The van der Waals surface area contributed by atoms with Crippen molar-refractivity contribution in [2.24, 2.45) is 5.84 Å². The van der Waals surface area contributed by atoms with Gasteiger partial charge in [0.05, 0.1) is 14.2 Å². The van der Waals surface area contributed by atoms with Crippen LogP contribution in [0.3, 0.4) is 0 Å². The van der Waals surface area contributed by atoms with Gasteiger partial charge in [0.15, 0.2) is 17.5 Å². The summed E-state index contributed by atoms with van der Waals surface area (Å²) in [6, 6.07) is 0. The molecule has 1 rings (SSSR count). The van der Waals surface area contributed by atoms with Crippen LogP contribution in [0, 0.1) is 17.5 Å². The van der Waals surface area contributed by atoms with E-state index >= 15 is 0 Å². The summed E-state index contributed by atoms with van der Waals surface area (Å²) in [4.78, 5) is 22.7. The predicted molar refractivity (Wildman–Crippen MR) is 56.8 cm³/mol. The zero-order valence-corrected chi connectivity index (χ0v) is 9.84. The molecule has 104 valence electrons. The summed E-state index contributed by atoms with van der Waals surface area (Å²) in [6.45, 7) is 0. The van der Waals surface area contributed by atoms with Gasteiger partial charge in [-0.15, -0.1) is 0 Å². The summed E-state index contributed by atoms with van der Waals surface area (Å²) in [5, 5.41) is 0. The molecule has 0 atom stereocenters. The summed E-state index contributed by atoms with van der Waals surface area (Å²) in [6.07, 6.45) is 0. The topological polar surface area (TPSA) is 90.6 Å². The van der Waals surface area contributed by atoms with Crippen molar-refractivity contribution < 1.29 is 32.2 Å². The minimum Gasteiger partial charge on any atom is -0.465 e. The van der Waals surface area contributed by atoms with E-state index in [0.717, 1.165) is 14.2 Å². The first-order valence-electron chi connectivity index (χ1n) is 4.74. The van der Waals surface area contributed by atoms with Crippen LogP contribution >= 0.6 is 0 Å². The summed E-state index contributed by atoms with van der Waals surface area (Å²) >= 11 is 0. The van der Waals surface area contributed by atoms with Crippen molar-refractivity contribution in [1.82, 2.24) is 0 Å². The lowest BCUT2D eigenvalue weighted by molar-refractivity contribution is 0.0545. The van der Waals surface area contributed by atoms with Gasteiger partial charge in [0.1, 0.15) is 16.8 Å². The third-order valence-electron chi connectivity index (χ3n) is 2.24. The first kappa shape index (κ1) is 14.8. The van der Waals surface area contributed by atoms with Crippen LogP contribution in [0.5, 0.6) is 0 Å². The number of anilines is 1. The lowest BCUT2D eigenvalue weighted by Crippen LogP contribution is -2.21. The van der Waals surface area contributed by atoms with Crippen molar-refractivity contribution >= 4 is 17.6 Å². The number of carbonyl (C=O) groups is 2. The quantitative estimate of drug-likeness (QED) is 0.370. The second kappa shape index (κ2) is 5.57. The smallest absolute Gasteiger partial charge is 0.341 e. The van der Waals surface area contributed by atoms with E-state index in [4.69, 9.17) is 5.84 Å². The molecule has 0 aliphatic heterocycles. The highest BCUT2D eigenvalue weighted by atomic mass is 19.2. The minimum absolute atomic E-state index is 0.855. The predicted octanol–water partition coefficient (Wildman–Crippen LogP) is 0.963. The van der Waals surface area contributed by atoms with Crippen LogP contribution in [0.15, 0.2) is 0 Å². The molecule has 0 fully saturated rings. The number of carbonyl (C=O) groups excluding carboxylic acids is 2. The largest absolute Gasteiger partial charge is 0.465 e. The van der Waals surface area contributed by atoms with E-state index < -0.39 is 46.2 Å². The number of nitrogens with two attached hydrogens (primary N) is 1. The Bertz CT molecular complexity index is 548. The number of nitrogen functional groups attached to an aromatic ring is 1. The Morgan fingerprint density at radius 2 is 1.37 bits per heavy atom. The Balaban J connectivity index is 3.79. The lowest BCUT2D eigenvalue weighted by atomic mass is 10.0. The van der Waals surface area contributed by atoms with Crippen LogP contribution in [0.2, 0.25) is 0 Å². The zero-order chi connectivity index (χ0) is 14.7. The summed E-state index contributed by atoms with van der Waals surface area (Å²) in [5.41, 5.74) is -1.86. The maximum absolute atomic E-state index is 13.9. The third-order valence-corrected chi connectivity index (χ3v) is 2.24. The summed E-state index contributed by atoms with van der Waals surface area (Å²) < 4.78 is 49.3. The van der Waals surface area contributed by atoms with Crippen LogP contribution < -0.4 is 11.3 Å². The number of benzene rings is 1. The first-order valence-corrected chi connectivity index (χ1v) is 4.74. The molecule has 0 bridgehead atoms. The molecule has 9 heteroatoms. The van der Waals surface area contributed by atoms with Crippen LogP contribution in [0.25, 0.3) is 0 Å². The fraction of sp³-hybridized carbons (Fsp3) is 0.200. The zero-order valence-electron chi connectivity index (χ0n) is 9.84. The van der Waals surface area contributed by atoms with Gasteiger partial charge in [-0.05, 0) is 0 Å². The normalized spacial score (nSPS) is 10.0. The number of rotatable bonds is 3. The van der Waals surface area contributed by atoms with Gasteiger partial charge in [-0.25, -0.2) is 22.8 Å². The molecule has 0 aromatic heterocycles. The fourth-order valence-corrected chi connectivity index (χ4v) is 1.37. The van der Waals surface area contributed by atoms with Crippen LogP contribution in [0.4, 0.5) is 18.9 Å². The number of esters is 2. The first-order chi connectivity index (χ1) is 8.90. The Morgan fingerprint density at radius 3 is 1.74 bits per heavy atom. The molecule has 19 heavy (non-hydrogen) atoms. The number of ether oxygens (including phenoxy) is 2. The summed E-state index contributed by atoms with van der Waals surface area (Å²) in [5.74, 6) is -3.08. The molecule has 1 aromatic rings. The second-order valence-electron chi connectivity index (χ2n) is 3.19. The molecule has 0 saturated carbocycles. The van der Waals surface area contributed by atoms with Gasteiger partial charge >= 0.3 is 11.9 Å². The van der Waals surface area contributed by atoms with E-state index in [9.17, 15) is 22.8 Å². The number of hydrogen-bond donors (Lipinski definition) is 2. The molecule has 6 nitrogen and oxygen atoms in total. The molecule has 0 amide bonds. The molecule has 0 aliphatic rings. The van der Waals surface area contributed by atoms with Crippen molar-refractivity contribution in [2.75, 3.05) is 19.6 Å². The van der Waals surface area contributed by atoms with E-state index in [2.05, 4.69) is 9.47 Å². The number of halogens is 3. The van der Waals surface area contributed by atoms with Crippen molar-refractivity contribution in [3.8, 4) is 0 Å². The molecule has 0 unspecified atom stereocenters. The van der Waals surface area contributed by atoms with Crippen molar-refractivity contribution in [2.45, 2.75) is 0 Å². The van der Waals surface area contributed by atoms with Gasteiger partial charge in [-0.1, -0.05) is 0 Å². The fourth-order valence-electron chi connectivity index (χ4n) is 1.37. The standard InChI is InChI=1S/C10H9F3N2O4/c1-18-9(16)3-4(10(17)19-2)6(12)8(15-14)7(13)5(3)11/h15H,14H2,1-2H3. The lowest BCUT2D eigenvalue weighted by Gasteiger charge is -2.13. The van der Waals surface area contributed by atoms with E-state index in [1.165, 1.54) is 0 Å². The highest BCUT2D eigenvalue weighted by molar-refractivity contribution is 6.04. The number of hydrazine groups is 1. The molecular weight excluding hydrogens is 269 g/mol. The molecule has 0 aliphatic carbocycles. The van der Waals surface area contributed by atoms with Crippen molar-refractivity contribution in [1.29, 1.82) is 0 Å². The monoisotopic (exact) mass is 278 g/mol. The highest BCUT2D eigenvalue weighted by Gasteiger charge is 2.33. The van der Waals surface area contributed by atoms with Crippen molar-refractivity contribution in [3.05, 3.63) is 28.6 Å². The van der Waals surface area contributed by atoms with Gasteiger partial charge in [0.25, 0.3) is 0 Å². The number of methoxy groups -OCH3 is 2. The third kappa shape index (κ3) is 2.32. The van der Waals surface area contributed by atoms with Gasteiger partial charge in [0, 0.05) is 0 Å². The Labute approximate surface area is 105 Å². The molecular formula is C10H9F3N2O4. The molecule has 0 saturated heterocycles. The van der Waals surface area contributed by atoms with Crippen LogP contribution in [0.1, 0.15) is 20.7 Å². The molecule has 1 aromatic carbocycles. The van der Waals surface area contributed by atoms with Gasteiger partial charge in [-0.2, -0.15) is 0 Å². The van der Waals surface area contributed by atoms with E-state index in [-0.39, 0.29) is 0 Å². The average molecular weight is 278 g/mol. The molecule has 0 heterocycles. The van der Waals surface area contributed by atoms with Gasteiger partial charge in [0.2, 0.25) is 0 Å². The van der Waals surface area contributed by atoms with Crippen molar-refractivity contribution in [3.63, 3.8) is 0 Å². The minimum atomic E-state index is -1.78. The average Bonchev–Trinajstić information content (AvgIpc) is 2.41. The maximum Gasteiger partial charge on any atom is 0.341 e. The van der Waals surface area contributed by atoms with E-state index in [1.807, 2.05) is 0 Å². The van der Waals surface area contributed by atoms with E-state index in [1.54, 1.807) is 5.43 Å². The van der Waals surface area contributed by atoms with E-state index in [0.29, 0.717) is 0 Å². The maximum atomic E-state index is 13.9. The Hall–Kier alpha value is -2.29. The Morgan fingerprint density at radius 1 is 0.947 bits per heavy atom. The Kier molecular flexibility index (Phi) is 4.33. The summed E-state index contributed by atoms with van der Waals surface area (Å²) in [7, 11) is 1.73. The van der Waals surface area contributed by atoms with Crippen LogP contribution in [-0.4, -0.2) is 26.2 Å². The molecule has 0 spiro atoms. The second-order valence-corrected chi connectivity index (χ2v) is 3.19. The SMILES string of the molecule is COC(=O)c1c(F)c(F)c(NN)c(F)c1C(=O)OC. The number of nitrogens with one attached hydrogen (secondary N) is 1.